The summed E-state index contributed by atoms with van der Waals surface area (Å²) < 4.78 is 1.10. The van der Waals surface area contributed by atoms with Crippen molar-refractivity contribution in [1.82, 2.24) is 0 Å². The Balaban J connectivity index is 3.09. The van der Waals surface area contributed by atoms with Gasteiger partial charge in [-0.2, -0.15) is 5.26 Å². The molecular formula is C12H14BrN. The molecule has 1 aromatic rings. The molecule has 0 spiro atoms. The van der Waals surface area contributed by atoms with Gasteiger partial charge in [0.25, 0.3) is 0 Å². The first-order valence-electron chi connectivity index (χ1n) is 4.61. The molecular weight excluding hydrogens is 238 g/mol. The lowest BCUT2D eigenvalue weighted by atomic mass is 9.86. The van der Waals surface area contributed by atoms with Gasteiger partial charge in [-0.3, -0.25) is 0 Å². The minimum Gasteiger partial charge on any atom is -0.198 e. The number of hydrogen-bond acceptors (Lipinski definition) is 1. The summed E-state index contributed by atoms with van der Waals surface area (Å²) in [6.45, 7) is 6.53. The van der Waals surface area contributed by atoms with Gasteiger partial charge in [-0.15, -0.1) is 0 Å². The summed E-state index contributed by atoms with van der Waals surface area (Å²) in [7, 11) is 0. The first-order valence-corrected chi connectivity index (χ1v) is 5.40. The van der Waals surface area contributed by atoms with Gasteiger partial charge >= 0.3 is 0 Å². The predicted molar refractivity (Wildman–Crippen MR) is 62.2 cm³/mol. The van der Waals surface area contributed by atoms with Crippen molar-refractivity contribution in [3.63, 3.8) is 0 Å². The summed E-state index contributed by atoms with van der Waals surface area (Å²) in [6, 6.07) is 8.30. The molecule has 0 radical (unpaired) electrons. The Morgan fingerprint density at radius 1 is 1.36 bits per heavy atom. The normalized spacial score (nSPS) is 11.1. The molecule has 0 aromatic heterocycles. The van der Waals surface area contributed by atoms with Crippen molar-refractivity contribution >= 4 is 15.9 Å². The van der Waals surface area contributed by atoms with Crippen LogP contribution in [-0.4, -0.2) is 0 Å². The molecule has 0 heterocycles. The molecule has 1 aromatic carbocycles. The second kappa shape index (κ2) is 4.14. The van der Waals surface area contributed by atoms with Crippen LogP contribution < -0.4 is 0 Å². The topological polar surface area (TPSA) is 23.8 Å². The van der Waals surface area contributed by atoms with Gasteiger partial charge in [0.15, 0.2) is 0 Å². The van der Waals surface area contributed by atoms with Gasteiger partial charge in [0.1, 0.15) is 0 Å². The summed E-state index contributed by atoms with van der Waals surface area (Å²) in [4.78, 5) is 0. The zero-order chi connectivity index (χ0) is 10.8. The van der Waals surface area contributed by atoms with Gasteiger partial charge in [-0.1, -0.05) is 48.8 Å². The van der Waals surface area contributed by atoms with E-state index in [0.717, 1.165) is 10.0 Å². The standard InChI is InChI=1S/C12H14BrN/c1-12(2,3)10-5-4-9(6-7-14)8-11(10)13/h4-5,8H,6H2,1-3H3. The zero-order valence-corrected chi connectivity index (χ0v) is 10.4. The van der Waals surface area contributed by atoms with Crippen molar-refractivity contribution in [3.05, 3.63) is 33.8 Å². The average Bonchev–Trinajstić information content (AvgIpc) is 2.02. The second-order valence-electron chi connectivity index (χ2n) is 4.40. The molecule has 0 saturated carbocycles. The van der Waals surface area contributed by atoms with Crippen LogP contribution in [0.15, 0.2) is 22.7 Å². The van der Waals surface area contributed by atoms with E-state index in [1.165, 1.54) is 5.56 Å². The van der Waals surface area contributed by atoms with Crippen molar-refractivity contribution in [3.8, 4) is 6.07 Å². The van der Waals surface area contributed by atoms with Gasteiger partial charge in [0.05, 0.1) is 12.5 Å². The molecule has 0 fully saturated rings. The lowest BCUT2D eigenvalue weighted by molar-refractivity contribution is 0.587. The van der Waals surface area contributed by atoms with E-state index in [4.69, 9.17) is 5.26 Å². The van der Waals surface area contributed by atoms with Gasteiger partial charge in [-0.05, 0) is 22.6 Å². The number of nitriles is 1. The van der Waals surface area contributed by atoms with Gasteiger partial charge in [0, 0.05) is 4.47 Å². The number of nitrogens with zero attached hydrogens (tertiary/aromatic N) is 1. The van der Waals surface area contributed by atoms with Crippen LogP contribution in [0.5, 0.6) is 0 Å². The summed E-state index contributed by atoms with van der Waals surface area (Å²) in [5.41, 5.74) is 2.48. The SMILES string of the molecule is CC(C)(C)c1ccc(CC#N)cc1Br. The van der Waals surface area contributed by atoms with Gasteiger partial charge in [-0.25, -0.2) is 0 Å². The lowest BCUT2D eigenvalue weighted by Gasteiger charge is -2.21. The van der Waals surface area contributed by atoms with Crippen LogP contribution in [0.2, 0.25) is 0 Å². The van der Waals surface area contributed by atoms with Crippen LogP contribution in [-0.2, 0) is 11.8 Å². The number of halogens is 1. The molecule has 14 heavy (non-hydrogen) atoms. The molecule has 0 N–H and O–H groups in total. The van der Waals surface area contributed by atoms with E-state index in [-0.39, 0.29) is 5.41 Å². The molecule has 0 aliphatic rings. The molecule has 0 saturated heterocycles. The molecule has 1 nitrogen and oxygen atoms in total. The van der Waals surface area contributed by atoms with Crippen LogP contribution in [0.25, 0.3) is 0 Å². The Morgan fingerprint density at radius 2 is 2.00 bits per heavy atom. The van der Waals surface area contributed by atoms with Crippen molar-refractivity contribution in [2.75, 3.05) is 0 Å². The largest absolute Gasteiger partial charge is 0.198 e. The van der Waals surface area contributed by atoms with Crippen LogP contribution in [0.3, 0.4) is 0 Å². The Bertz CT molecular complexity index is 369. The Kier molecular flexibility index (Phi) is 3.34. The summed E-state index contributed by atoms with van der Waals surface area (Å²) >= 11 is 3.54. The van der Waals surface area contributed by atoms with Crippen molar-refractivity contribution in [1.29, 1.82) is 5.26 Å². The van der Waals surface area contributed by atoms with Gasteiger partial charge < -0.3 is 0 Å². The highest BCUT2D eigenvalue weighted by Gasteiger charge is 2.16. The number of rotatable bonds is 1. The smallest absolute Gasteiger partial charge is 0.0669 e. The molecule has 0 amide bonds. The molecule has 0 aliphatic carbocycles. The van der Waals surface area contributed by atoms with Crippen LogP contribution in [0.1, 0.15) is 31.9 Å². The highest BCUT2D eigenvalue weighted by atomic mass is 79.9. The first-order chi connectivity index (χ1) is 6.45. The number of hydrogen-bond donors (Lipinski definition) is 0. The second-order valence-corrected chi connectivity index (χ2v) is 5.25. The molecule has 0 bridgehead atoms. The Morgan fingerprint density at radius 3 is 2.43 bits per heavy atom. The van der Waals surface area contributed by atoms with E-state index in [1.54, 1.807) is 0 Å². The third kappa shape index (κ3) is 2.59. The van der Waals surface area contributed by atoms with E-state index in [0.29, 0.717) is 6.42 Å². The minimum absolute atomic E-state index is 0.143. The molecule has 2 heteroatoms. The van der Waals surface area contributed by atoms with Crippen LogP contribution >= 0.6 is 15.9 Å². The number of benzene rings is 1. The summed E-state index contributed by atoms with van der Waals surface area (Å²) in [5, 5.41) is 8.57. The van der Waals surface area contributed by atoms with E-state index in [1.807, 2.05) is 12.1 Å². The lowest BCUT2D eigenvalue weighted by Crippen LogP contribution is -2.11. The monoisotopic (exact) mass is 251 g/mol. The molecule has 1 rings (SSSR count). The fourth-order valence-corrected chi connectivity index (χ4v) is 2.39. The molecule has 0 unspecified atom stereocenters. The fourth-order valence-electron chi connectivity index (χ4n) is 1.37. The quantitative estimate of drug-likeness (QED) is 0.745. The summed E-state index contributed by atoms with van der Waals surface area (Å²) in [6.07, 6.45) is 0.475. The molecule has 0 aliphatic heterocycles. The zero-order valence-electron chi connectivity index (χ0n) is 8.76. The fraction of sp³-hybridized carbons (Fsp3) is 0.417. The van der Waals surface area contributed by atoms with Crippen molar-refractivity contribution in [2.45, 2.75) is 32.6 Å². The highest BCUT2D eigenvalue weighted by Crippen LogP contribution is 2.30. The predicted octanol–water partition coefficient (Wildman–Crippen LogP) is 3.81. The maximum absolute atomic E-state index is 8.57. The van der Waals surface area contributed by atoms with Gasteiger partial charge in [0.2, 0.25) is 0 Å². The van der Waals surface area contributed by atoms with Crippen LogP contribution in [0, 0.1) is 11.3 Å². The third-order valence-corrected chi connectivity index (χ3v) is 2.78. The maximum atomic E-state index is 8.57. The third-order valence-electron chi connectivity index (χ3n) is 2.12. The van der Waals surface area contributed by atoms with Crippen molar-refractivity contribution < 1.29 is 0 Å². The van der Waals surface area contributed by atoms with E-state index < -0.39 is 0 Å². The van der Waals surface area contributed by atoms with Crippen LogP contribution in [0.4, 0.5) is 0 Å². The van der Waals surface area contributed by atoms with Crippen molar-refractivity contribution in [2.24, 2.45) is 0 Å². The summed E-state index contributed by atoms with van der Waals surface area (Å²) in [5.74, 6) is 0. The minimum atomic E-state index is 0.143. The van der Waals surface area contributed by atoms with E-state index >= 15 is 0 Å². The average molecular weight is 252 g/mol. The highest BCUT2D eigenvalue weighted by molar-refractivity contribution is 9.10. The molecule has 0 atom stereocenters. The maximum Gasteiger partial charge on any atom is 0.0669 e. The molecule has 74 valence electrons. The Labute approximate surface area is 93.9 Å². The Hall–Kier alpha value is -0.810. The van der Waals surface area contributed by atoms with E-state index in [2.05, 4.69) is 48.8 Å². The van der Waals surface area contributed by atoms with E-state index in [9.17, 15) is 0 Å². The first kappa shape index (κ1) is 11.3.